The van der Waals surface area contributed by atoms with Crippen LogP contribution in [-0.4, -0.2) is 24.2 Å². The van der Waals surface area contributed by atoms with E-state index in [0.29, 0.717) is 13.2 Å². The lowest BCUT2D eigenvalue weighted by Gasteiger charge is -2.07. The molecule has 1 heterocycles. The second-order valence-corrected chi connectivity index (χ2v) is 5.30. The molecule has 125 valence electrons. The van der Waals surface area contributed by atoms with Gasteiger partial charge in [-0.3, -0.25) is 4.98 Å². The molecule has 4 heteroatoms. The molecular weight excluding hydrogens is 302 g/mol. The summed E-state index contributed by atoms with van der Waals surface area (Å²) in [7, 11) is 0. The lowest BCUT2D eigenvalue weighted by atomic mass is 10.1. The third-order valence-corrected chi connectivity index (χ3v) is 3.48. The van der Waals surface area contributed by atoms with Gasteiger partial charge >= 0.3 is 5.97 Å². The van der Waals surface area contributed by atoms with Crippen LogP contribution in [0.1, 0.15) is 25.7 Å². The second kappa shape index (κ2) is 10.2. The van der Waals surface area contributed by atoms with E-state index in [1.165, 1.54) is 6.08 Å². The van der Waals surface area contributed by atoms with Crippen molar-refractivity contribution in [2.75, 3.05) is 13.2 Å². The first-order valence-corrected chi connectivity index (χ1v) is 8.14. The third kappa shape index (κ3) is 6.24. The number of hydrogen-bond acceptors (Lipinski definition) is 4. The number of hydrogen-bond donors (Lipinski definition) is 0. The van der Waals surface area contributed by atoms with Crippen LogP contribution >= 0.6 is 0 Å². The van der Waals surface area contributed by atoms with E-state index >= 15 is 0 Å². The lowest BCUT2D eigenvalue weighted by molar-refractivity contribution is -0.137. The van der Waals surface area contributed by atoms with Crippen molar-refractivity contribution < 1.29 is 14.3 Å². The van der Waals surface area contributed by atoms with E-state index in [0.717, 1.165) is 42.7 Å². The predicted molar refractivity (Wildman–Crippen MR) is 93.6 cm³/mol. The van der Waals surface area contributed by atoms with Crippen LogP contribution in [0.2, 0.25) is 0 Å². The molecule has 0 N–H and O–H groups in total. The molecule has 0 unspecified atom stereocenters. The highest BCUT2D eigenvalue weighted by Gasteiger charge is 2.00. The molecular formula is C20H22NO3. The van der Waals surface area contributed by atoms with Gasteiger partial charge in [-0.05, 0) is 56.0 Å². The van der Waals surface area contributed by atoms with Gasteiger partial charge in [-0.2, -0.15) is 0 Å². The summed E-state index contributed by atoms with van der Waals surface area (Å²) in [6, 6.07) is 14.6. The minimum atomic E-state index is -0.356. The lowest BCUT2D eigenvalue weighted by Crippen LogP contribution is -2.02. The smallest absolute Gasteiger partial charge is 0.330 e. The Hall–Kier alpha value is -2.62. The van der Waals surface area contributed by atoms with Crippen LogP contribution in [0.5, 0.6) is 5.75 Å². The van der Waals surface area contributed by atoms with Crippen molar-refractivity contribution in [3.05, 3.63) is 61.3 Å². The molecule has 0 saturated carbocycles. The Morgan fingerprint density at radius 1 is 1.08 bits per heavy atom. The quantitative estimate of drug-likeness (QED) is 0.373. The van der Waals surface area contributed by atoms with Crippen molar-refractivity contribution in [1.29, 1.82) is 0 Å². The van der Waals surface area contributed by atoms with E-state index in [1.54, 1.807) is 6.20 Å². The first-order chi connectivity index (χ1) is 11.8. The molecule has 0 aliphatic rings. The fourth-order valence-corrected chi connectivity index (χ4v) is 2.19. The molecule has 4 nitrogen and oxygen atoms in total. The molecule has 1 aromatic heterocycles. The van der Waals surface area contributed by atoms with Crippen LogP contribution < -0.4 is 4.74 Å². The minimum absolute atomic E-state index is 0.356. The van der Waals surface area contributed by atoms with Gasteiger partial charge in [-0.15, -0.1) is 0 Å². The number of unbranched alkanes of at least 4 members (excludes halogenated alkanes) is 3. The van der Waals surface area contributed by atoms with Crippen LogP contribution in [0.4, 0.5) is 0 Å². The van der Waals surface area contributed by atoms with Gasteiger partial charge in [0.15, 0.2) is 0 Å². The standard InChI is InChI=1S/C20H22NO3/c1-2-20(22)24-16-8-4-3-7-15-23-18-12-10-17(11-13-18)19-9-5-6-14-21-19/h2,5,9-14H,1,3-4,7-8,15-16H2. The van der Waals surface area contributed by atoms with Gasteiger partial charge in [0, 0.05) is 23.9 Å². The van der Waals surface area contributed by atoms with E-state index in [4.69, 9.17) is 9.47 Å². The summed E-state index contributed by atoms with van der Waals surface area (Å²) in [5.74, 6) is 0.506. The number of rotatable bonds is 10. The Bertz CT molecular complexity index is 623. The molecule has 2 aromatic rings. The Kier molecular flexibility index (Phi) is 7.54. The zero-order valence-corrected chi connectivity index (χ0v) is 13.7. The molecule has 0 saturated heterocycles. The third-order valence-electron chi connectivity index (χ3n) is 3.48. The maximum absolute atomic E-state index is 10.9. The van der Waals surface area contributed by atoms with Gasteiger partial charge in [-0.1, -0.05) is 12.6 Å². The number of ether oxygens (including phenoxy) is 2. The van der Waals surface area contributed by atoms with Crippen molar-refractivity contribution in [3.8, 4) is 17.0 Å². The van der Waals surface area contributed by atoms with Crippen molar-refractivity contribution in [2.45, 2.75) is 25.7 Å². The summed E-state index contributed by atoms with van der Waals surface area (Å²) in [4.78, 5) is 15.1. The molecule has 0 aliphatic heterocycles. The van der Waals surface area contributed by atoms with E-state index in [9.17, 15) is 4.79 Å². The van der Waals surface area contributed by atoms with Crippen molar-refractivity contribution >= 4 is 5.97 Å². The van der Waals surface area contributed by atoms with Gasteiger partial charge in [0.25, 0.3) is 0 Å². The molecule has 1 radical (unpaired) electrons. The normalized spacial score (nSPS) is 10.2. The van der Waals surface area contributed by atoms with Crippen LogP contribution in [0, 0.1) is 6.07 Å². The second-order valence-electron chi connectivity index (χ2n) is 5.30. The maximum Gasteiger partial charge on any atom is 0.330 e. The summed E-state index contributed by atoms with van der Waals surface area (Å²) >= 11 is 0. The van der Waals surface area contributed by atoms with Crippen molar-refractivity contribution in [1.82, 2.24) is 4.98 Å². The highest BCUT2D eigenvalue weighted by molar-refractivity contribution is 5.81. The SMILES string of the molecule is C=CC(=O)OCCCCCCOc1ccc(-c2cc[c]cn2)cc1. The predicted octanol–water partition coefficient (Wildman–Crippen LogP) is 4.22. The maximum atomic E-state index is 10.9. The summed E-state index contributed by atoms with van der Waals surface area (Å²) in [6.45, 7) is 4.50. The first kappa shape index (κ1) is 17.7. The molecule has 0 fully saturated rings. The fraction of sp³-hybridized carbons (Fsp3) is 0.300. The van der Waals surface area contributed by atoms with Gasteiger partial charge in [0.2, 0.25) is 0 Å². The number of esters is 1. The zero-order valence-electron chi connectivity index (χ0n) is 13.7. The van der Waals surface area contributed by atoms with Gasteiger partial charge in [-0.25, -0.2) is 4.79 Å². The molecule has 0 atom stereocenters. The number of carbonyl (C=O) groups is 1. The first-order valence-electron chi connectivity index (χ1n) is 8.14. The Balaban J connectivity index is 1.60. The van der Waals surface area contributed by atoms with Crippen LogP contribution in [0.3, 0.4) is 0 Å². The average Bonchev–Trinajstić information content (AvgIpc) is 2.65. The number of aromatic nitrogens is 1. The van der Waals surface area contributed by atoms with Crippen molar-refractivity contribution in [3.63, 3.8) is 0 Å². The molecule has 0 spiro atoms. The van der Waals surface area contributed by atoms with E-state index in [-0.39, 0.29) is 5.97 Å². The minimum Gasteiger partial charge on any atom is -0.494 e. The van der Waals surface area contributed by atoms with E-state index < -0.39 is 0 Å². The fourth-order valence-electron chi connectivity index (χ4n) is 2.19. The Morgan fingerprint density at radius 2 is 1.83 bits per heavy atom. The van der Waals surface area contributed by atoms with Crippen molar-refractivity contribution in [2.24, 2.45) is 0 Å². The average molecular weight is 324 g/mol. The highest BCUT2D eigenvalue weighted by atomic mass is 16.5. The molecule has 0 amide bonds. The van der Waals surface area contributed by atoms with Crippen LogP contribution in [-0.2, 0) is 9.53 Å². The number of nitrogens with zero attached hydrogens (tertiary/aromatic N) is 1. The summed E-state index contributed by atoms with van der Waals surface area (Å²) in [6.07, 6.45) is 6.77. The summed E-state index contributed by atoms with van der Waals surface area (Å²) in [5, 5.41) is 0. The topological polar surface area (TPSA) is 48.4 Å². The molecule has 2 rings (SSSR count). The van der Waals surface area contributed by atoms with E-state index in [2.05, 4.69) is 17.6 Å². The Morgan fingerprint density at radius 3 is 2.50 bits per heavy atom. The van der Waals surface area contributed by atoms with Gasteiger partial charge in [0.1, 0.15) is 5.75 Å². The number of carbonyl (C=O) groups excluding carboxylic acids is 1. The number of benzene rings is 1. The van der Waals surface area contributed by atoms with E-state index in [1.807, 2.05) is 36.4 Å². The van der Waals surface area contributed by atoms with Gasteiger partial charge < -0.3 is 9.47 Å². The largest absolute Gasteiger partial charge is 0.494 e. The number of pyridine rings is 1. The monoisotopic (exact) mass is 324 g/mol. The highest BCUT2D eigenvalue weighted by Crippen LogP contribution is 2.20. The molecule has 1 aromatic carbocycles. The Labute approximate surface area is 143 Å². The molecule has 24 heavy (non-hydrogen) atoms. The summed E-state index contributed by atoms with van der Waals surface area (Å²) < 4.78 is 10.7. The van der Waals surface area contributed by atoms with Crippen LogP contribution in [0.15, 0.2) is 55.3 Å². The molecule has 0 aliphatic carbocycles. The zero-order chi connectivity index (χ0) is 17.0. The van der Waals surface area contributed by atoms with Crippen LogP contribution in [0.25, 0.3) is 11.3 Å². The van der Waals surface area contributed by atoms with Gasteiger partial charge in [0.05, 0.1) is 18.9 Å². The molecule has 0 bridgehead atoms. The summed E-state index contributed by atoms with van der Waals surface area (Å²) in [5.41, 5.74) is 1.99.